The van der Waals surface area contributed by atoms with Gasteiger partial charge in [-0.25, -0.2) is 13.6 Å². The van der Waals surface area contributed by atoms with Gasteiger partial charge in [0.2, 0.25) is 5.92 Å². The number of carbonyl (C=O) groups excluding carboxylic acids is 1. The predicted molar refractivity (Wildman–Crippen MR) is 35.7 cm³/mol. The van der Waals surface area contributed by atoms with E-state index in [0.717, 1.165) is 7.11 Å². The molecule has 1 rings (SSSR count). The molecule has 1 unspecified atom stereocenters. The van der Waals surface area contributed by atoms with Gasteiger partial charge in [-0.2, -0.15) is 0 Å². The van der Waals surface area contributed by atoms with Gasteiger partial charge in [0.15, 0.2) is 6.10 Å². The molecule has 3 nitrogen and oxygen atoms in total. The number of halogens is 2. The fourth-order valence-electron chi connectivity index (χ4n) is 1.24. The normalized spacial score (nSPS) is 24.3. The highest BCUT2D eigenvalue weighted by molar-refractivity contribution is 5.74. The van der Waals surface area contributed by atoms with Gasteiger partial charge >= 0.3 is 5.97 Å². The van der Waals surface area contributed by atoms with Crippen LogP contribution in [0.25, 0.3) is 0 Å². The molecule has 0 bridgehead atoms. The van der Waals surface area contributed by atoms with Gasteiger partial charge in [-0.3, -0.25) is 0 Å². The molecule has 1 saturated carbocycles. The van der Waals surface area contributed by atoms with Gasteiger partial charge < -0.3 is 9.84 Å². The van der Waals surface area contributed by atoms with Crippen LogP contribution in [-0.2, 0) is 9.53 Å². The molecule has 1 aliphatic rings. The number of alkyl halides is 2. The topological polar surface area (TPSA) is 46.5 Å². The first-order chi connectivity index (χ1) is 5.46. The number of hydrogen-bond acceptors (Lipinski definition) is 3. The summed E-state index contributed by atoms with van der Waals surface area (Å²) in [5.41, 5.74) is 0. The van der Waals surface area contributed by atoms with E-state index in [1.807, 2.05) is 0 Å². The Kier molecular flexibility index (Phi) is 2.32. The number of methoxy groups -OCH3 is 1. The molecule has 0 radical (unpaired) electrons. The summed E-state index contributed by atoms with van der Waals surface area (Å²) < 4.78 is 28.7. The number of ether oxygens (including phenoxy) is 1. The van der Waals surface area contributed by atoms with Crippen LogP contribution in [0.15, 0.2) is 0 Å². The summed E-state index contributed by atoms with van der Waals surface area (Å²) in [5.74, 6) is -4.19. The van der Waals surface area contributed by atoms with Crippen molar-refractivity contribution in [3.8, 4) is 0 Å². The zero-order valence-corrected chi connectivity index (χ0v) is 6.59. The van der Waals surface area contributed by atoms with Crippen molar-refractivity contribution in [2.24, 2.45) is 5.92 Å². The Morgan fingerprint density at radius 1 is 1.67 bits per heavy atom. The molecule has 5 heteroatoms. The third kappa shape index (κ3) is 1.72. The van der Waals surface area contributed by atoms with Crippen molar-refractivity contribution in [3.05, 3.63) is 0 Å². The van der Waals surface area contributed by atoms with Crippen molar-refractivity contribution in [1.29, 1.82) is 0 Å². The molecular formula is C7H10F2O3. The average molecular weight is 180 g/mol. The van der Waals surface area contributed by atoms with Gasteiger partial charge in [0, 0.05) is 18.8 Å². The van der Waals surface area contributed by atoms with Crippen LogP contribution in [-0.4, -0.2) is 30.2 Å². The van der Waals surface area contributed by atoms with E-state index in [1.165, 1.54) is 0 Å². The minimum Gasteiger partial charge on any atom is -0.467 e. The maximum absolute atomic E-state index is 12.3. The molecule has 0 spiro atoms. The quantitative estimate of drug-likeness (QED) is 0.632. The van der Waals surface area contributed by atoms with Crippen molar-refractivity contribution >= 4 is 5.97 Å². The van der Waals surface area contributed by atoms with Gasteiger partial charge in [0.05, 0.1) is 7.11 Å². The molecule has 0 aromatic carbocycles. The largest absolute Gasteiger partial charge is 0.467 e. The minimum atomic E-state index is -2.71. The molecule has 0 aromatic heterocycles. The second-order valence-corrected chi connectivity index (χ2v) is 2.99. The molecule has 0 aliphatic heterocycles. The van der Waals surface area contributed by atoms with Crippen LogP contribution in [0, 0.1) is 5.92 Å². The van der Waals surface area contributed by atoms with Crippen LogP contribution in [0.5, 0.6) is 0 Å². The molecular weight excluding hydrogens is 170 g/mol. The second-order valence-electron chi connectivity index (χ2n) is 2.99. The first-order valence-electron chi connectivity index (χ1n) is 3.60. The average Bonchev–Trinajstić information content (AvgIpc) is 1.97. The van der Waals surface area contributed by atoms with E-state index in [9.17, 15) is 13.6 Å². The van der Waals surface area contributed by atoms with E-state index in [4.69, 9.17) is 5.11 Å². The molecule has 70 valence electrons. The van der Waals surface area contributed by atoms with E-state index < -0.39 is 36.8 Å². The van der Waals surface area contributed by atoms with E-state index in [0.29, 0.717) is 0 Å². The van der Waals surface area contributed by atoms with E-state index in [2.05, 4.69) is 4.74 Å². The lowest BCUT2D eigenvalue weighted by Crippen LogP contribution is -2.45. The first kappa shape index (κ1) is 9.38. The Balaban J connectivity index is 2.38. The summed E-state index contributed by atoms with van der Waals surface area (Å²) in [6.07, 6.45) is -2.25. The lowest BCUT2D eigenvalue weighted by atomic mass is 9.77. The summed E-state index contributed by atoms with van der Waals surface area (Å²) in [7, 11) is 1.11. The number of rotatable bonds is 2. The third-order valence-electron chi connectivity index (χ3n) is 2.01. The SMILES string of the molecule is COC(=O)C(O)C1CC(F)(F)C1. The Morgan fingerprint density at radius 3 is 2.50 bits per heavy atom. The Morgan fingerprint density at radius 2 is 2.17 bits per heavy atom. The van der Waals surface area contributed by atoms with E-state index >= 15 is 0 Å². The summed E-state index contributed by atoms with van der Waals surface area (Å²) in [5, 5.41) is 9.06. The van der Waals surface area contributed by atoms with Gasteiger partial charge in [0.1, 0.15) is 0 Å². The van der Waals surface area contributed by atoms with Crippen molar-refractivity contribution in [2.45, 2.75) is 24.9 Å². The fraction of sp³-hybridized carbons (Fsp3) is 0.857. The molecule has 1 atom stereocenters. The third-order valence-corrected chi connectivity index (χ3v) is 2.01. The fourth-order valence-corrected chi connectivity index (χ4v) is 1.24. The van der Waals surface area contributed by atoms with Crippen molar-refractivity contribution in [2.75, 3.05) is 7.11 Å². The lowest BCUT2D eigenvalue weighted by Gasteiger charge is -2.36. The summed E-state index contributed by atoms with van der Waals surface area (Å²) in [4.78, 5) is 10.6. The number of aliphatic hydroxyl groups excluding tert-OH is 1. The maximum Gasteiger partial charge on any atom is 0.334 e. The zero-order chi connectivity index (χ0) is 9.35. The van der Waals surface area contributed by atoms with Crippen molar-refractivity contribution in [1.82, 2.24) is 0 Å². The van der Waals surface area contributed by atoms with Gasteiger partial charge in [-0.1, -0.05) is 0 Å². The number of carbonyl (C=O) groups is 1. The van der Waals surface area contributed by atoms with Crippen LogP contribution in [0.1, 0.15) is 12.8 Å². The Labute approximate surface area is 68.3 Å². The number of esters is 1. The molecule has 1 aliphatic carbocycles. The van der Waals surface area contributed by atoms with Crippen LogP contribution in [0.3, 0.4) is 0 Å². The molecule has 0 aromatic rings. The molecule has 12 heavy (non-hydrogen) atoms. The molecule has 0 heterocycles. The van der Waals surface area contributed by atoms with E-state index in [1.54, 1.807) is 0 Å². The monoisotopic (exact) mass is 180 g/mol. The summed E-state index contributed by atoms with van der Waals surface area (Å²) in [6, 6.07) is 0. The second kappa shape index (κ2) is 2.97. The Hall–Kier alpha value is -0.710. The molecule has 0 saturated heterocycles. The standard InChI is InChI=1S/C7H10F2O3/c1-12-6(11)5(10)4-2-7(8,9)3-4/h4-5,10H,2-3H2,1H3. The van der Waals surface area contributed by atoms with E-state index in [-0.39, 0.29) is 0 Å². The number of hydrogen-bond donors (Lipinski definition) is 1. The van der Waals surface area contributed by atoms with Gasteiger partial charge in [0.25, 0.3) is 0 Å². The lowest BCUT2D eigenvalue weighted by molar-refractivity contribution is -0.173. The van der Waals surface area contributed by atoms with Crippen LogP contribution in [0.2, 0.25) is 0 Å². The zero-order valence-electron chi connectivity index (χ0n) is 6.59. The first-order valence-corrected chi connectivity index (χ1v) is 3.60. The van der Waals surface area contributed by atoms with Crippen molar-refractivity contribution in [3.63, 3.8) is 0 Å². The molecule has 1 fully saturated rings. The highest BCUT2D eigenvalue weighted by atomic mass is 19.3. The number of aliphatic hydroxyl groups is 1. The van der Waals surface area contributed by atoms with Crippen LogP contribution < -0.4 is 0 Å². The Bertz CT molecular complexity index is 185. The summed E-state index contributed by atoms with van der Waals surface area (Å²) in [6.45, 7) is 0. The summed E-state index contributed by atoms with van der Waals surface area (Å²) >= 11 is 0. The van der Waals surface area contributed by atoms with Crippen molar-refractivity contribution < 1.29 is 23.4 Å². The predicted octanol–water partition coefficient (Wildman–Crippen LogP) is 0.566. The molecule has 0 amide bonds. The maximum atomic E-state index is 12.3. The van der Waals surface area contributed by atoms with Gasteiger partial charge in [-0.15, -0.1) is 0 Å². The van der Waals surface area contributed by atoms with Crippen LogP contribution >= 0.6 is 0 Å². The highest BCUT2D eigenvalue weighted by Crippen LogP contribution is 2.44. The van der Waals surface area contributed by atoms with Gasteiger partial charge in [-0.05, 0) is 0 Å². The minimum absolute atomic E-state index is 0.427. The smallest absolute Gasteiger partial charge is 0.334 e. The van der Waals surface area contributed by atoms with Crippen LogP contribution in [0.4, 0.5) is 8.78 Å². The highest BCUT2D eigenvalue weighted by Gasteiger charge is 2.50. The molecule has 1 N–H and O–H groups in total.